The minimum absolute atomic E-state index is 0.106. The van der Waals surface area contributed by atoms with Crippen LogP contribution in [0.1, 0.15) is 17.6 Å². The Labute approximate surface area is 149 Å². The molecule has 0 spiro atoms. The van der Waals surface area contributed by atoms with Crippen molar-refractivity contribution in [3.8, 4) is 11.3 Å². The van der Waals surface area contributed by atoms with E-state index in [4.69, 9.17) is 0 Å². The van der Waals surface area contributed by atoms with Gasteiger partial charge in [-0.2, -0.15) is 5.10 Å². The fraction of sp³-hybridized carbons (Fsp3) is 0.222. The lowest BCUT2D eigenvalue weighted by Crippen LogP contribution is -2.26. The molecular weight excluding hydrogens is 336 g/mol. The summed E-state index contributed by atoms with van der Waals surface area (Å²) in [7, 11) is 3.24. The summed E-state index contributed by atoms with van der Waals surface area (Å²) in [6.07, 6.45) is 1.59. The zero-order valence-electron chi connectivity index (χ0n) is 14.5. The van der Waals surface area contributed by atoms with Crippen molar-refractivity contribution in [2.75, 3.05) is 14.1 Å². The lowest BCUT2D eigenvalue weighted by Gasteiger charge is -2.11. The van der Waals surface area contributed by atoms with E-state index in [0.717, 1.165) is 15.5 Å². The molecule has 2 aromatic heterocycles. The van der Waals surface area contributed by atoms with Gasteiger partial charge in [-0.25, -0.2) is 9.50 Å². The molecule has 3 aromatic rings. The zero-order chi connectivity index (χ0) is 18.1. The van der Waals surface area contributed by atoms with Crippen molar-refractivity contribution in [2.45, 2.75) is 13.8 Å². The third-order valence-electron chi connectivity index (χ3n) is 3.68. The van der Waals surface area contributed by atoms with Crippen LogP contribution in [0, 0.1) is 6.92 Å². The number of fused-ring (bicyclic) bond motifs is 1. The number of hydrogen-bond donors (Lipinski definition) is 0. The van der Waals surface area contributed by atoms with Gasteiger partial charge >= 0.3 is 0 Å². The molecular formula is C18H18N4O2S. The number of ketones is 1. The highest BCUT2D eigenvalue weighted by atomic mass is 32.1. The molecule has 3 rings (SSSR count). The van der Waals surface area contributed by atoms with E-state index in [1.807, 2.05) is 37.3 Å². The average Bonchev–Trinajstić information content (AvgIpc) is 3.08. The Balaban J connectivity index is 2.27. The summed E-state index contributed by atoms with van der Waals surface area (Å²) in [6.45, 7) is 3.28. The van der Waals surface area contributed by atoms with Gasteiger partial charge in [0.1, 0.15) is 5.01 Å². The lowest BCUT2D eigenvalue weighted by molar-refractivity contribution is -0.127. The van der Waals surface area contributed by atoms with Crippen molar-refractivity contribution in [1.29, 1.82) is 0 Å². The van der Waals surface area contributed by atoms with Crippen LogP contribution in [0.15, 0.2) is 35.9 Å². The predicted molar refractivity (Wildman–Crippen MR) is 98.4 cm³/mol. The maximum absolute atomic E-state index is 12.4. The van der Waals surface area contributed by atoms with Crippen LogP contribution < -0.4 is 0 Å². The van der Waals surface area contributed by atoms with E-state index in [9.17, 15) is 9.59 Å². The van der Waals surface area contributed by atoms with E-state index < -0.39 is 0 Å². The van der Waals surface area contributed by atoms with Gasteiger partial charge in [0.05, 0.1) is 17.0 Å². The number of rotatable bonds is 4. The van der Waals surface area contributed by atoms with E-state index in [1.54, 1.807) is 24.7 Å². The van der Waals surface area contributed by atoms with Gasteiger partial charge in [-0.3, -0.25) is 9.59 Å². The SMILES string of the molecule is CC(=O)/C(=C\c1c(-c2ccccc2)nc2sc(C)nn12)C(=O)N(C)C. The molecule has 0 fully saturated rings. The molecule has 0 saturated heterocycles. The number of likely N-dealkylation sites (N-methyl/N-ethyl adjacent to an activating group) is 1. The number of benzene rings is 1. The molecule has 0 aliphatic heterocycles. The Morgan fingerprint density at radius 2 is 1.88 bits per heavy atom. The fourth-order valence-corrected chi connectivity index (χ4v) is 3.24. The largest absolute Gasteiger partial charge is 0.345 e. The van der Waals surface area contributed by atoms with Crippen molar-refractivity contribution < 1.29 is 9.59 Å². The summed E-state index contributed by atoms with van der Waals surface area (Å²) >= 11 is 1.46. The first-order valence-electron chi connectivity index (χ1n) is 7.74. The first-order chi connectivity index (χ1) is 11.9. The van der Waals surface area contributed by atoms with E-state index >= 15 is 0 Å². The Bertz CT molecular complexity index is 983. The molecule has 7 heteroatoms. The highest BCUT2D eigenvalue weighted by Crippen LogP contribution is 2.28. The van der Waals surface area contributed by atoms with Crippen LogP contribution in [0.4, 0.5) is 0 Å². The second kappa shape index (κ2) is 6.60. The molecule has 0 aliphatic rings. The van der Waals surface area contributed by atoms with Crippen LogP contribution in [-0.4, -0.2) is 45.3 Å². The number of nitrogens with zero attached hydrogens (tertiary/aromatic N) is 4. The number of Topliss-reactive ketones (excluding diaryl/α,β-unsaturated/α-hetero) is 1. The smallest absolute Gasteiger partial charge is 0.257 e. The van der Waals surface area contributed by atoms with Crippen LogP contribution in [0.5, 0.6) is 0 Å². The van der Waals surface area contributed by atoms with E-state index in [2.05, 4.69) is 10.1 Å². The fourth-order valence-electron chi connectivity index (χ4n) is 2.49. The summed E-state index contributed by atoms with van der Waals surface area (Å²) in [4.78, 5) is 31.2. The first-order valence-corrected chi connectivity index (χ1v) is 8.56. The second-order valence-corrected chi connectivity index (χ2v) is 7.00. The number of amides is 1. The topological polar surface area (TPSA) is 67.6 Å². The third-order valence-corrected chi connectivity index (χ3v) is 4.51. The van der Waals surface area contributed by atoms with Crippen molar-refractivity contribution >= 4 is 34.1 Å². The summed E-state index contributed by atoms with van der Waals surface area (Å²) in [5.41, 5.74) is 2.34. The van der Waals surface area contributed by atoms with Gasteiger partial charge in [0.25, 0.3) is 5.91 Å². The molecule has 0 aliphatic carbocycles. The maximum atomic E-state index is 12.4. The molecule has 0 N–H and O–H groups in total. The molecule has 25 heavy (non-hydrogen) atoms. The van der Waals surface area contributed by atoms with Gasteiger partial charge in [-0.1, -0.05) is 41.7 Å². The van der Waals surface area contributed by atoms with Gasteiger partial charge in [0, 0.05) is 19.7 Å². The Hall–Kier alpha value is -2.80. The van der Waals surface area contributed by atoms with Gasteiger partial charge in [-0.05, 0) is 19.9 Å². The monoisotopic (exact) mass is 354 g/mol. The van der Waals surface area contributed by atoms with Gasteiger partial charge < -0.3 is 4.90 Å². The van der Waals surface area contributed by atoms with Gasteiger partial charge in [-0.15, -0.1) is 0 Å². The molecule has 128 valence electrons. The number of aromatic nitrogens is 3. The molecule has 0 saturated carbocycles. The van der Waals surface area contributed by atoms with E-state index in [1.165, 1.54) is 23.2 Å². The first kappa shape index (κ1) is 17.0. The lowest BCUT2D eigenvalue weighted by atomic mass is 10.1. The van der Waals surface area contributed by atoms with Crippen molar-refractivity contribution in [2.24, 2.45) is 0 Å². The van der Waals surface area contributed by atoms with Crippen molar-refractivity contribution in [1.82, 2.24) is 19.5 Å². The third kappa shape index (κ3) is 3.23. The van der Waals surface area contributed by atoms with Gasteiger partial charge in [0.15, 0.2) is 5.78 Å². The molecule has 0 atom stereocenters. The second-order valence-electron chi connectivity index (χ2n) is 5.84. The number of aryl methyl sites for hydroxylation is 1. The molecule has 1 aromatic carbocycles. The molecule has 0 bridgehead atoms. The van der Waals surface area contributed by atoms with Crippen molar-refractivity contribution in [3.05, 3.63) is 46.6 Å². The zero-order valence-corrected chi connectivity index (χ0v) is 15.3. The quantitative estimate of drug-likeness (QED) is 0.410. The molecule has 0 radical (unpaired) electrons. The summed E-state index contributed by atoms with van der Waals surface area (Å²) in [5, 5.41) is 5.33. The average molecular weight is 354 g/mol. The molecule has 2 heterocycles. The number of imidazole rings is 1. The van der Waals surface area contributed by atoms with Crippen LogP contribution in [-0.2, 0) is 9.59 Å². The maximum Gasteiger partial charge on any atom is 0.257 e. The Kier molecular flexibility index (Phi) is 4.50. The number of carbonyl (C=O) groups excluding carboxylic acids is 2. The predicted octanol–water partition coefficient (Wildman–Crippen LogP) is 2.83. The standard InChI is InChI=1S/C18H18N4O2S/c1-11(23)14(17(24)21(3)4)10-15-16(13-8-6-5-7-9-13)19-18-22(15)20-12(2)25-18/h5-10H,1-4H3/b14-10+. The normalized spacial score (nSPS) is 11.8. The Morgan fingerprint density at radius 1 is 1.20 bits per heavy atom. The number of hydrogen-bond acceptors (Lipinski definition) is 5. The highest BCUT2D eigenvalue weighted by Gasteiger charge is 2.21. The highest BCUT2D eigenvalue weighted by molar-refractivity contribution is 7.16. The summed E-state index contributed by atoms with van der Waals surface area (Å²) in [6, 6.07) is 9.66. The molecule has 1 amide bonds. The summed E-state index contributed by atoms with van der Waals surface area (Å²) in [5.74, 6) is -0.631. The Morgan fingerprint density at radius 3 is 2.48 bits per heavy atom. The van der Waals surface area contributed by atoms with Crippen LogP contribution in [0.25, 0.3) is 22.3 Å². The molecule has 6 nitrogen and oxygen atoms in total. The van der Waals surface area contributed by atoms with E-state index in [0.29, 0.717) is 11.4 Å². The van der Waals surface area contributed by atoms with Gasteiger partial charge in [0.2, 0.25) is 4.96 Å². The van der Waals surface area contributed by atoms with Crippen molar-refractivity contribution in [3.63, 3.8) is 0 Å². The van der Waals surface area contributed by atoms with Crippen LogP contribution in [0.3, 0.4) is 0 Å². The van der Waals surface area contributed by atoms with Crippen LogP contribution in [0.2, 0.25) is 0 Å². The minimum Gasteiger partial charge on any atom is -0.345 e. The van der Waals surface area contributed by atoms with E-state index in [-0.39, 0.29) is 17.3 Å². The van der Waals surface area contributed by atoms with Crippen LogP contribution >= 0.6 is 11.3 Å². The molecule has 0 unspecified atom stereocenters. The summed E-state index contributed by atoms with van der Waals surface area (Å²) < 4.78 is 1.69. The number of carbonyl (C=O) groups is 2. The minimum atomic E-state index is -0.339.